The van der Waals surface area contributed by atoms with Crippen LogP contribution in [0.3, 0.4) is 0 Å². The molecule has 184 valence electrons. The van der Waals surface area contributed by atoms with E-state index in [2.05, 4.69) is 44.1 Å². The lowest BCUT2D eigenvalue weighted by molar-refractivity contribution is 0.122. The molecular weight excluding hydrogens is 481 g/mol. The molecule has 1 saturated heterocycles. The Morgan fingerprint density at radius 1 is 1.11 bits per heavy atom. The van der Waals surface area contributed by atoms with Gasteiger partial charge in [-0.3, -0.25) is 9.55 Å². The maximum absolute atomic E-state index is 15.3. The average Bonchev–Trinajstić information content (AvgIpc) is 3.49. The van der Waals surface area contributed by atoms with Crippen molar-refractivity contribution < 1.29 is 9.13 Å². The van der Waals surface area contributed by atoms with Crippen molar-refractivity contribution in [1.82, 2.24) is 29.7 Å². The molecule has 2 aromatic carbocycles. The van der Waals surface area contributed by atoms with Crippen LogP contribution in [0, 0.1) is 12.7 Å². The smallest absolute Gasteiger partial charge is 0.163 e. The second-order valence-corrected chi connectivity index (χ2v) is 9.32. The van der Waals surface area contributed by atoms with Gasteiger partial charge in [-0.2, -0.15) is 0 Å². The maximum Gasteiger partial charge on any atom is 0.163 e. The first-order chi connectivity index (χ1) is 17.5. The predicted molar refractivity (Wildman–Crippen MR) is 138 cm³/mol. The molecule has 3 aromatic heterocycles. The van der Waals surface area contributed by atoms with Crippen LogP contribution in [0.15, 0.2) is 36.5 Å². The van der Waals surface area contributed by atoms with E-state index < -0.39 is 0 Å². The zero-order chi connectivity index (χ0) is 24.8. The van der Waals surface area contributed by atoms with Crippen molar-refractivity contribution in [3.8, 4) is 17.1 Å². The van der Waals surface area contributed by atoms with E-state index in [1.165, 1.54) is 12.1 Å². The Kier molecular flexibility index (Phi) is 5.81. The van der Waals surface area contributed by atoms with Gasteiger partial charge in [-0.05, 0) is 43.7 Å². The monoisotopic (exact) mass is 505 g/mol. The third kappa shape index (κ3) is 3.79. The molecule has 1 N–H and O–H groups in total. The van der Waals surface area contributed by atoms with Gasteiger partial charge in [0.2, 0.25) is 0 Å². The summed E-state index contributed by atoms with van der Waals surface area (Å²) < 4.78 is 22.9. The highest BCUT2D eigenvalue weighted by Gasteiger charge is 2.23. The van der Waals surface area contributed by atoms with Gasteiger partial charge in [-0.15, -0.1) is 10.2 Å². The van der Waals surface area contributed by atoms with Crippen LogP contribution >= 0.6 is 11.6 Å². The fourth-order valence-corrected chi connectivity index (χ4v) is 5.09. The van der Waals surface area contributed by atoms with Crippen molar-refractivity contribution >= 4 is 39.2 Å². The number of aromatic amines is 1. The van der Waals surface area contributed by atoms with Crippen LogP contribution in [-0.2, 0) is 11.2 Å². The van der Waals surface area contributed by atoms with Crippen LogP contribution in [0.1, 0.15) is 25.0 Å². The van der Waals surface area contributed by atoms with E-state index >= 15 is 4.39 Å². The minimum atomic E-state index is -0.378. The lowest BCUT2D eigenvalue weighted by atomic mass is 10.1. The summed E-state index contributed by atoms with van der Waals surface area (Å²) in [4.78, 5) is 15.0. The van der Waals surface area contributed by atoms with Crippen molar-refractivity contribution in [2.24, 2.45) is 0 Å². The first-order valence-electron chi connectivity index (χ1n) is 12.1. The number of pyridine rings is 1. The van der Waals surface area contributed by atoms with Crippen LogP contribution in [0.4, 0.5) is 10.1 Å². The molecule has 0 atom stereocenters. The number of hydrogen-bond acceptors (Lipinski definition) is 6. The number of imidazole rings is 1. The highest BCUT2D eigenvalue weighted by molar-refractivity contribution is 6.35. The highest BCUT2D eigenvalue weighted by Crippen LogP contribution is 2.37. The number of aromatic nitrogens is 6. The Bertz CT molecular complexity index is 1590. The molecule has 0 bridgehead atoms. The molecule has 8 nitrogen and oxygen atoms in total. The Balaban J connectivity index is 1.70. The summed E-state index contributed by atoms with van der Waals surface area (Å²) in [6, 6.07) is 8.96. The van der Waals surface area contributed by atoms with E-state index in [1.54, 1.807) is 6.20 Å². The molecule has 36 heavy (non-hydrogen) atoms. The molecule has 0 unspecified atom stereocenters. The summed E-state index contributed by atoms with van der Waals surface area (Å²) in [5, 5.41) is 9.33. The minimum absolute atomic E-state index is 0.371. The summed E-state index contributed by atoms with van der Waals surface area (Å²) in [6.07, 6.45) is 3.25. The first-order valence-corrected chi connectivity index (χ1v) is 12.4. The molecule has 1 fully saturated rings. The normalized spacial score (nSPS) is 14.3. The van der Waals surface area contributed by atoms with Gasteiger partial charge < -0.3 is 14.6 Å². The molecule has 0 saturated carbocycles. The van der Waals surface area contributed by atoms with Crippen molar-refractivity contribution in [3.05, 3.63) is 59.0 Å². The standard InChI is InChI=1S/C26H25ClFN7O/c1-3-4-22-31-24-17(26-30-15(2)32-33-26)13-16(34-9-11-36-12-10-34)14-21(24)35(22)20-7-8-29-25-18(27)5-6-19(28)23(20)25/h5-8,13-14H,3-4,9-12H2,1-2H3,(H,30,32,33). The van der Waals surface area contributed by atoms with Gasteiger partial charge in [0.05, 0.1) is 40.3 Å². The number of ether oxygens (including phenoxy) is 1. The Labute approximate surface area is 212 Å². The van der Waals surface area contributed by atoms with E-state index in [1.807, 2.05) is 17.6 Å². The van der Waals surface area contributed by atoms with Gasteiger partial charge in [0, 0.05) is 37.0 Å². The van der Waals surface area contributed by atoms with Crippen LogP contribution < -0.4 is 4.90 Å². The number of H-pyrrole nitrogens is 1. The number of anilines is 1. The molecule has 1 aliphatic heterocycles. The lowest BCUT2D eigenvalue weighted by Gasteiger charge is -2.29. The molecule has 10 heteroatoms. The van der Waals surface area contributed by atoms with Crippen molar-refractivity contribution in [1.29, 1.82) is 0 Å². The van der Waals surface area contributed by atoms with Gasteiger partial charge in [0.1, 0.15) is 23.0 Å². The van der Waals surface area contributed by atoms with E-state index in [0.717, 1.165) is 53.4 Å². The second kappa shape index (κ2) is 9.15. The average molecular weight is 506 g/mol. The lowest BCUT2D eigenvalue weighted by Crippen LogP contribution is -2.36. The van der Waals surface area contributed by atoms with Gasteiger partial charge in [0.25, 0.3) is 0 Å². The number of halogens is 2. The van der Waals surface area contributed by atoms with Crippen LogP contribution in [0.25, 0.3) is 39.0 Å². The number of morpholine rings is 1. The zero-order valence-corrected chi connectivity index (χ0v) is 20.8. The van der Waals surface area contributed by atoms with E-state index in [9.17, 15) is 0 Å². The quantitative estimate of drug-likeness (QED) is 0.351. The van der Waals surface area contributed by atoms with Crippen LogP contribution in [-0.4, -0.2) is 56.0 Å². The Morgan fingerprint density at radius 3 is 2.69 bits per heavy atom. The summed E-state index contributed by atoms with van der Waals surface area (Å²) in [6.45, 7) is 6.85. The number of nitrogens with zero attached hydrogens (tertiary/aromatic N) is 6. The number of hydrogen-bond donors (Lipinski definition) is 1. The summed E-state index contributed by atoms with van der Waals surface area (Å²) in [5.74, 6) is 1.82. The van der Waals surface area contributed by atoms with Crippen LogP contribution in [0.2, 0.25) is 5.02 Å². The van der Waals surface area contributed by atoms with Gasteiger partial charge in [0.15, 0.2) is 5.82 Å². The largest absolute Gasteiger partial charge is 0.378 e. The summed E-state index contributed by atoms with van der Waals surface area (Å²) >= 11 is 6.42. The number of benzene rings is 2. The van der Waals surface area contributed by atoms with E-state index in [0.29, 0.717) is 47.1 Å². The topological polar surface area (TPSA) is 84.8 Å². The molecule has 6 rings (SSSR count). The molecule has 0 spiro atoms. The predicted octanol–water partition coefficient (Wildman–Crippen LogP) is 5.25. The molecule has 4 heterocycles. The summed E-state index contributed by atoms with van der Waals surface area (Å²) in [5.41, 5.74) is 4.59. The first kappa shape index (κ1) is 22.9. The van der Waals surface area contributed by atoms with Gasteiger partial charge in [-0.1, -0.05) is 18.5 Å². The number of aryl methyl sites for hydroxylation is 2. The van der Waals surface area contributed by atoms with Gasteiger partial charge >= 0.3 is 0 Å². The second-order valence-electron chi connectivity index (χ2n) is 8.92. The van der Waals surface area contributed by atoms with Crippen molar-refractivity contribution in [2.75, 3.05) is 31.2 Å². The van der Waals surface area contributed by atoms with Crippen molar-refractivity contribution in [3.63, 3.8) is 0 Å². The fourth-order valence-electron chi connectivity index (χ4n) is 4.89. The number of nitrogens with one attached hydrogen (secondary N) is 1. The maximum atomic E-state index is 15.3. The fraction of sp³-hybridized carbons (Fsp3) is 0.308. The van der Waals surface area contributed by atoms with E-state index in [4.69, 9.17) is 21.3 Å². The molecule has 1 aliphatic rings. The minimum Gasteiger partial charge on any atom is -0.378 e. The third-order valence-electron chi connectivity index (χ3n) is 6.53. The SMILES string of the molecule is CCCc1nc2c(-c3nnc(C)[nH]3)cc(N3CCOCC3)cc2n1-c1ccnc2c(Cl)ccc(F)c12. The number of rotatable bonds is 5. The zero-order valence-electron chi connectivity index (χ0n) is 20.1. The third-order valence-corrected chi connectivity index (χ3v) is 6.83. The molecule has 5 aromatic rings. The van der Waals surface area contributed by atoms with E-state index in [-0.39, 0.29) is 5.82 Å². The van der Waals surface area contributed by atoms with Crippen LogP contribution in [0.5, 0.6) is 0 Å². The Morgan fingerprint density at radius 2 is 1.94 bits per heavy atom. The molecule has 0 radical (unpaired) electrons. The summed E-state index contributed by atoms with van der Waals surface area (Å²) in [7, 11) is 0. The van der Waals surface area contributed by atoms with Gasteiger partial charge in [-0.25, -0.2) is 9.37 Å². The molecule has 0 aliphatic carbocycles. The Hall–Kier alpha value is -3.56. The molecule has 0 amide bonds. The number of fused-ring (bicyclic) bond motifs is 2. The highest BCUT2D eigenvalue weighted by atomic mass is 35.5. The van der Waals surface area contributed by atoms with Crippen molar-refractivity contribution in [2.45, 2.75) is 26.7 Å². The molecular formula is C26H25ClFN7O.